The van der Waals surface area contributed by atoms with Crippen LogP contribution in [-0.4, -0.2) is 55.5 Å². The van der Waals surface area contributed by atoms with E-state index in [0.717, 1.165) is 17.1 Å². The summed E-state index contributed by atoms with van der Waals surface area (Å²) >= 11 is 14.3. The quantitative estimate of drug-likeness (QED) is 0.136. The van der Waals surface area contributed by atoms with Crippen molar-refractivity contribution in [3.8, 4) is 5.69 Å². The number of carbonyl (C=O) groups is 4. The minimum atomic E-state index is -0.551. The fraction of sp³-hybridized carbons (Fsp3) is 0.200. The van der Waals surface area contributed by atoms with E-state index < -0.39 is 24.3 Å². The maximum absolute atomic E-state index is 13.7. The lowest BCUT2D eigenvalue weighted by atomic mass is 10.0. The Morgan fingerprint density at radius 1 is 0.881 bits per heavy atom. The number of hydrogen-bond donors (Lipinski definition) is 1. The SMILES string of the molecule is CCCSCc1nnc(CNC(=O)CN2C(=O)c3ccccc3C2=O)n1-c1ccc(Cl)cc1C(=O)c1ccccc1Cl. The molecular formula is C30H25Cl2N5O4S. The number of benzene rings is 3. The Labute approximate surface area is 256 Å². The highest BCUT2D eigenvalue weighted by molar-refractivity contribution is 7.98. The maximum atomic E-state index is 13.7. The summed E-state index contributed by atoms with van der Waals surface area (Å²) in [5.41, 5.74) is 1.61. The van der Waals surface area contributed by atoms with Crippen LogP contribution in [0.25, 0.3) is 5.69 Å². The summed E-state index contributed by atoms with van der Waals surface area (Å²) in [5, 5.41) is 12.1. The molecule has 0 unspecified atom stereocenters. The lowest BCUT2D eigenvalue weighted by molar-refractivity contribution is -0.121. The van der Waals surface area contributed by atoms with Gasteiger partial charge in [-0.1, -0.05) is 54.4 Å². The minimum absolute atomic E-state index is 0.0736. The lowest BCUT2D eigenvalue weighted by Gasteiger charge is -2.17. The Morgan fingerprint density at radius 2 is 1.55 bits per heavy atom. The van der Waals surface area contributed by atoms with E-state index in [1.165, 1.54) is 0 Å². The largest absolute Gasteiger partial charge is 0.347 e. The van der Waals surface area contributed by atoms with Crippen molar-refractivity contribution in [2.45, 2.75) is 25.6 Å². The smallest absolute Gasteiger partial charge is 0.262 e. The van der Waals surface area contributed by atoms with Gasteiger partial charge in [0.05, 0.1) is 34.1 Å². The zero-order valence-corrected chi connectivity index (χ0v) is 24.8. The van der Waals surface area contributed by atoms with Crippen LogP contribution in [0.15, 0.2) is 66.7 Å². The molecule has 12 heteroatoms. The van der Waals surface area contributed by atoms with Gasteiger partial charge in [0.2, 0.25) is 5.91 Å². The molecule has 0 radical (unpaired) electrons. The highest BCUT2D eigenvalue weighted by atomic mass is 35.5. The van der Waals surface area contributed by atoms with Crippen LogP contribution in [0.2, 0.25) is 10.0 Å². The van der Waals surface area contributed by atoms with Crippen LogP contribution < -0.4 is 5.32 Å². The number of imide groups is 1. The second-order valence-electron chi connectivity index (χ2n) is 9.41. The number of thioether (sulfide) groups is 1. The lowest BCUT2D eigenvalue weighted by Crippen LogP contribution is -2.40. The van der Waals surface area contributed by atoms with E-state index in [-0.39, 0.29) is 29.0 Å². The molecule has 0 aliphatic carbocycles. The van der Waals surface area contributed by atoms with Gasteiger partial charge < -0.3 is 5.32 Å². The predicted octanol–water partition coefficient (Wildman–Crippen LogP) is 5.36. The van der Waals surface area contributed by atoms with Crippen LogP contribution in [0.4, 0.5) is 0 Å². The molecule has 0 bridgehead atoms. The third-order valence-corrected chi connectivity index (χ3v) is 8.29. The van der Waals surface area contributed by atoms with E-state index in [2.05, 4.69) is 22.4 Å². The Kier molecular flexibility index (Phi) is 9.06. The molecule has 1 N–H and O–H groups in total. The van der Waals surface area contributed by atoms with Gasteiger partial charge in [-0.25, -0.2) is 0 Å². The first-order chi connectivity index (χ1) is 20.3. The van der Waals surface area contributed by atoms with E-state index in [9.17, 15) is 19.2 Å². The van der Waals surface area contributed by atoms with Crippen LogP contribution in [0, 0.1) is 0 Å². The van der Waals surface area contributed by atoms with Crippen molar-refractivity contribution in [2.24, 2.45) is 0 Å². The van der Waals surface area contributed by atoms with Crippen LogP contribution in [0.5, 0.6) is 0 Å². The molecule has 0 fully saturated rings. The van der Waals surface area contributed by atoms with E-state index in [1.807, 2.05) is 0 Å². The first kappa shape index (κ1) is 29.5. The number of nitrogens with zero attached hydrogens (tertiary/aromatic N) is 4. The molecule has 0 atom stereocenters. The normalized spacial score (nSPS) is 12.5. The topological polar surface area (TPSA) is 114 Å². The highest BCUT2D eigenvalue weighted by Gasteiger charge is 2.36. The molecule has 3 aromatic carbocycles. The van der Waals surface area contributed by atoms with Crippen molar-refractivity contribution in [1.29, 1.82) is 0 Å². The number of hydrogen-bond acceptors (Lipinski definition) is 7. The van der Waals surface area contributed by atoms with Gasteiger partial charge in [-0.2, -0.15) is 11.8 Å². The molecule has 1 aliphatic heterocycles. The summed E-state index contributed by atoms with van der Waals surface area (Å²) in [4.78, 5) is 52.9. The maximum Gasteiger partial charge on any atom is 0.262 e. The van der Waals surface area contributed by atoms with Gasteiger partial charge >= 0.3 is 0 Å². The molecule has 0 spiro atoms. The third-order valence-electron chi connectivity index (χ3n) is 6.56. The molecule has 42 heavy (non-hydrogen) atoms. The van der Waals surface area contributed by atoms with Crippen LogP contribution in [0.1, 0.15) is 61.6 Å². The number of amides is 3. The third kappa shape index (κ3) is 5.97. The van der Waals surface area contributed by atoms with Crippen LogP contribution in [-0.2, 0) is 17.1 Å². The van der Waals surface area contributed by atoms with Crippen molar-refractivity contribution < 1.29 is 19.2 Å². The van der Waals surface area contributed by atoms with Crippen LogP contribution in [0.3, 0.4) is 0 Å². The average molecular weight is 623 g/mol. The van der Waals surface area contributed by atoms with Crippen molar-refractivity contribution in [1.82, 2.24) is 25.0 Å². The number of nitrogens with one attached hydrogen (secondary N) is 1. The molecule has 0 saturated heterocycles. The van der Waals surface area contributed by atoms with Crippen molar-refractivity contribution >= 4 is 58.5 Å². The van der Waals surface area contributed by atoms with Gasteiger partial charge in [0.1, 0.15) is 12.4 Å². The summed E-state index contributed by atoms with van der Waals surface area (Å²) < 4.78 is 1.73. The Hall–Kier alpha value is -3.99. The van der Waals surface area contributed by atoms with Crippen LogP contribution >= 0.6 is 35.0 Å². The van der Waals surface area contributed by atoms with E-state index in [1.54, 1.807) is 83.1 Å². The number of ketones is 1. The predicted molar refractivity (Wildman–Crippen MR) is 161 cm³/mol. The van der Waals surface area contributed by atoms with Gasteiger partial charge in [0, 0.05) is 16.1 Å². The van der Waals surface area contributed by atoms with E-state index in [0.29, 0.717) is 38.7 Å². The Bertz CT molecular complexity index is 1670. The highest BCUT2D eigenvalue weighted by Crippen LogP contribution is 2.28. The van der Waals surface area contributed by atoms with Crippen molar-refractivity contribution in [3.63, 3.8) is 0 Å². The van der Waals surface area contributed by atoms with E-state index >= 15 is 0 Å². The molecule has 214 valence electrons. The summed E-state index contributed by atoms with van der Waals surface area (Å²) in [6.07, 6.45) is 0.969. The Balaban J connectivity index is 1.43. The first-order valence-electron chi connectivity index (χ1n) is 13.1. The average Bonchev–Trinajstić information content (AvgIpc) is 3.50. The van der Waals surface area contributed by atoms with Gasteiger partial charge in [0.15, 0.2) is 11.6 Å². The molecule has 3 amide bonds. The molecular weight excluding hydrogens is 597 g/mol. The van der Waals surface area contributed by atoms with Gasteiger partial charge in [-0.3, -0.25) is 28.6 Å². The zero-order chi connectivity index (χ0) is 29.8. The standard InChI is InChI=1S/C30H25Cl2N5O4S/c1-2-13-42-17-26-35-34-25(15-33-27(38)16-36-29(40)19-7-3-4-8-20(19)30(36)41)37(26)24-12-11-18(31)14-22(24)28(39)21-9-5-6-10-23(21)32/h3-12,14H,2,13,15-17H2,1H3,(H,33,38). The van der Waals surface area contributed by atoms with Gasteiger partial charge in [-0.15, -0.1) is 10.2 Å². The molecule has 1 aliphatic rings. The van der Waals surface area contributed by atoms with Gasteiger partial charge in [0.25, 0.3) is 11.8 Å². The fourth-order valence-electron chi connectivity index (χ4n) is 4.58. The molecule has 9 nitrogen and oxygen atoms in total. The monoisotopic (exact) mass is 621 g/mol. The molecule has 5 rings (SSSR count). The molecule has 0 saturated carbocycles. The number of fused-ring (bicyclic) bond motifs is 1. The fourth-order valence-corrected chi connectivity index (χ4v) is 5.78. The summed E-state index contributed by atoms with van der Waals surface area (Å²) in [6, 6.07) is 18.1. The van der Waals surface area contributed by atoms with Gasteiger partial charge in [-0.05, 0) is 54.6 Å². The first-order valence-corrected chi connectivity index (χ1v) is 15.0. The summed E-state index contributed by atoms with van der Waals surface area (Å²) in [6.45, 7) is 1.55. The number of halogens is 2. The van der Waals surface area contributed by atoms with Crippen molar-refractivity contribution in [2.75, 3.05) is 12.3 Å². The second-order valence-corrected chi connectivity index (χ2v) is 11.4. The molecule has 1 aromatic heterocycles. The number of rotatable bonds is 11. The van der Waals surface area contributed by atoms with Crippen molar-refractivity contribution in [3.05, 3.63) is 111 Å². The Morgan fingerprint density at radius 3 is 2.24 bits per heavy atom. The second kappa shape index (κ2) is 12.9. The van der Waals surface area contributed by atoms with E-state index in [4.69, 9.17) is 23.2 Å². The zero-order valence-electron chi connectivity index (χ0n) is 22.5. The molecule has 2 heterocycles. The number of carbonyl (C=O) groups excluding carboxylic acids is 4. The molecule has 4 aromatic rings. The minimum Gasteiger partial charge on any atom is -0.347 e. The summed E-state index contributed by atoms with van der Waals surface area (Å²) in [7, 11) is 0. The number of aromatic nitrogens is 3. The summed E-state index contributed by atoms with van der Waals surface area (Å²) in [5.74, 6) is 0.407.